The fourth-order valence-corrected chi connectivity index (χ4v) is 1.96. The Labute approximate surface area is 79.1 Å². The van der Waals surface area contributed by atoms with E-state index in [1.54, 1.807) is 0 Å². The lowest BCUT2D eigenvalue weighted by molar-refractivity contribution is 0.710. The van der Waals surface area contributed by atoms with Crippen molar-refractivity contribution in [3.63, 3.8) is 0 Å². The molecule has 0 bridgehead atoms. The summed E-state index contributed by atoms with van der Waals surface area (Å²) in [6.07, 6.45) is 4.80. The number of hydrogen-bond acceptors (Lipinski definition) is 2. The Bertz CT molecular complexity index is 301. The van der Waals surface area contributed by atoms with Crippen molar-refractivity contribution in [1.29, 1.82) is 0 Å². The quantitative estimate of drug-likeness (QED) is 0.765. The minimum absolute atomic E-state index is 1.08. The average Bonchev–Trinajstić information content (AvgIpc) is 2.67. The van der Waals surface area contributed by atoms with Crippen molar-refractivity contribution in [3.05, 3.63) is 11.3 Å². The summed E-state index contributed by atoms with van der Waals surface area (Å²) in [6.45, 7) is 3.31. The van der Waals surface area contributed by atoms with Gasteiger partial charge in [-0.05, 0) is 19.3 Å². The maximum atomic E-state index is 4.52. The van der Waals surface area contributed by atoms with Crippen LogP contribution in [0.1, 0.15) is 31.0 Å². The molecule has 2 heterocycles. The van der Waals surface area contributed by atoms with Gasteiger partial charge in [-0.3, -0.25) is 4.68 Å². The lowest BCUT2D eigenvalue weighted by Crippen LogP contribution is -2.02. The second kappa shape index (κ2) is 3.40. The van der Waals surface area contributed by atoms with Gasteiger partial charge in [-0.1, -0.05) is 13.3 Å². The van der Waals surface area contributed by atoms with E-state index in [9.17, 15) is 0 Å². The number of rotatable bonds is 3. The molecule has 0 aromatic carbocycles. The maximum absolute atomic E-state index is 4.52. The van der Waals surface area contributed by atoms with Crippen LogP contribution in [0, 0.1) is 0 Å². The number of aryl methyl sites for hydroxylation is 2. The number of nitrogens with zero attached hydrogens (tertiary/aromatic N) is 2. The number of anilines is 1. The molecule has 1 aromatic heterocycles. The molecule has 1 aliphatic rings. The first-order chi connectivity index (χ1) is 6.33. The fourth-order valence-electron chi connectivity index (χ4n) is 1.96. The lowest BCUT2D eigenvalue weighted by Gasteiger charge is -1.97. The topological polar surface area (TPSA) is 29.9 Å². The van der Waals surface area contributed by atoms with Crippen LogP contribution in [-0.4, -0.2) is 16.3 Å². The number of hydrogen-bond donors (Lipinski definition) is 1. The molecule has 0 amide bonds. The zero-order valence-corrected chi connectivity index (χ0v) is 8.43. The van der Waals surface area contributed by atoms with Gasteiger partial charge in [0.2, 0.25) is 0 Å². The van der Waals surface area contributed by atoms with E-state index >= 15 is 0 Å². The predicted octanol–water partition coefficient (Wildman–Crippen LogP) is 1.73. The number of aromatic nitrogens is 2. The smallest absolute Gasteiger partial charge is 0.127 e. The minimum Gasteiger partial charge on any atom is -0.370 e. The van der Waals surface area contributed by atoms with Crippen LogP contribution in [0.25, 0.3) is 0 Å². The van der Waals surface area contributed by atoms with Gasteiger partial charge < -0.3 is 5.32 Å². The van der Waals surface area contributed by atoms with Gasteiger partial charge in [0.15, 0.2) is 0 Å². The van der Waals surface area contributed by atoms with E-state index < -0.39 is 0 Å². The summed E-state index contributed by atoms with van der Waals surface area (Å²) >= 11 is 0. The van der Waals surface area contributed by atoms with Crippen LogP contribution in [0.5, 0.6) is 0 Å². The standard InChI is InChI=1S/C10H17N3/c1-3-4-5-9-8-6-7-11-10(8)13(2)12-9/h11H,3-7H2,1-2H3. The van der Waals surface area contributed by atoms with E-state index in [-0.39, 0.29) is 0 Å². The molecular formula is C10H17N3. The van der Waals surface area contributed by atoms with Crippen molar-refractivity contribution >= 4 is 5.82 Å². The average molecular weight is 179 g/mol. The molecular weight excluding hydrogens is 162 g/mol. The molecule has 0 spiro atoms. The van der Waals surface area contributed by atoms with E-state index in [1.807, 2.05) is 11.7 Å². The third-order valence-corrected chi connectivity index (χ3v) is 2.66. The van der Waals surface area contributed by atoms with Crippen molar-refractivity contribution < 1.29 is 0 Å². The van der Waals surface area contributed by atoms with Gasteiger partial charge in [0.05, 0.1) is 5.69 Å². The molecule has 0 aliphatic carbocycles. The van der Waals surface area contributed by atoms with E-state index in [0.717, 1.165) is 19.4 Å². The van der Waals surface area contributed by atoms with E-state index in [0.29, 0.717) is 0 Å². The second-order valence-corrected chi connectivity index (χ2v) is 3.68. The Balaban J connectivity index is 2.21. The van der Waals surface area contributed by atoms with Crippen LogP contribution in [0.3, 0.4) is 0 Å². The summed E-state index contributed by atoms with van der Waals surface area (Å²) < 4.78 is 1.98. The molecule has 0 saturated heterocycles. The molecule has 0 atom stereocenters. The van der Waals surface area contributed by atoms with Crippen molar-refractivity contribution in [2.24, 2.45) is 7.05 Å². The Kier molecular flexibility index (Phi) is 2.25. The highest BCUT2D eigenvalue weighted by Crippen LogP contribution is 2.25. The normalized spacial score (nSPS) is 14.3. The summed E-state index contributed by atoms with van der Waals surface area (Å²) in [5.74, 6) is 1.24. The number of fused-ring (bicyclic) bond motifs is 1. The third-order valence-electron chi connectivity index (χ3n) is 2.66. The van der Waals surface area contributed by atoms with Gasteiger partial charge in [-0.2, -0.15) is 5.10 Å². The van der Waals surface area contributed by atoms with Crippen LogP contribution in [0.4, 0.5) is 5.82 Å². The molecule has 1 N–H and O–H groups in total. The second-order valence-electron chi connectivity index (χ2n) is 3.68. The zero-order chi connectivity index (χ0) is 9.26. The molecule has 3 heteroatoms. The monoisotopic (exact) mass is 179 g/mol. The molecule has 1 aliphatic heterocycles. The molecule has 3 nitrogen and oxygen atoms in total. The molecule has 0 radical (unpaired) electrons. The van der Waals surface area contributed by atoms with Crippen LogP contribution in [0.2, 0.25) is 0 Å². The summed E-state index contributed by atoms with van der Waals surface area (Å²) in [7, 11) is 2.02. The third kappa shape index (κ3) is 1.43. The Hall–Kier alpha value is -0.990. The largest absolute Gasteiger partial charge is 0.370 e. The zero-order valence-electron chi connectivity index (χ0n) is 8.43. The van der Waals surface area contributed by atoms with Crippen LogP contribution >= 0.6 is 0 Å². The van der Waals surface area contributed by atoms with Gasteiger partial charge in [0, 0.05) is 19.2 Å². The van der Waals surface area contributed by atoms with Gasteiger partial charge in [-0.25, -0.2) is 0 Å². The molecule has 2 rings (SSSR count). The van der Waals surface area contributed by atoms with Crippen molar-refractivity contribution in [1.82, 2.24) is 9.78 Å². The molecule has 0 fully saturated rings. The first-order valence-corrected chi connectivity index (χ1v) is 5.11. The summed E-state index contributed by atoms with van der Waals surface area (Å²) in [5.41, 5.74) is 2.76. The van der Waals surface area contributed by atoms with Crippen LogP contribution < -0.4 is 5.32 Å². The van der Waals surface area contributed by atoms with Gasteiger partial charge in [-0.15, -0.1) is 0 Å². The fraction of sp³-hybridized carbons (Fsp3) is 0.700. The van der Waals surface area contributed by atoms with Crippen molar-refractivity contribution in [3.8, 4) is 0 Å². The van der Waals surface area contributed by atoms with Gasteiger partial charge >= 0.3 is 0 Å². The summed E-state index contributed by atoms with van der Waals surface area (Å²) in [6, 6.07) is 0. The van der Waals surface area contributed by atoms with E-state index in [2.05, 4.69) is 17.3 Å². The highest BCUT2D eigenvalue weighted by Gasteiger charge is 2.19. The maximum Gasteiger partial charge on any atom is 0.127 e. The predicted molar refractivity (Wildman–Crippen MR) is 54.0 cm³/mol. The Morgan fingerprint density at radius 1 is 1.54 bits per heavy atom. The van der Waals surface area contributed by atoms with Gasteiger partial charge in [0.1, 0.15) is 5.82 Å². The van der Waals surface area contributed by atoms with Crippen molar-refractivity contribution in [2.75, 3.05) is 11.9 Å². The summed E-state index contributed by atoms with van der Waals surface area (Å²) in [5, 5.41) is 7.89. The molecule has 1 aromatic rings. The highest BCUT2D eigenvalue weighted by atomic mass is 15.3. The van der Waals surface area contributed by atoms with Gasteiger partial charge in [0.25, 0.3) is 0 Å². The van der Waals surface area contributed by atoms with Crippen molar-refractivity contribution in [2.45, 2.75) is 32.6 Å². The number of nitrogens with one attached hydrogen (secondary N) is 1. The molecule has 72 valence electrons. The highest BCUT2D eigenvalue weighted by molar-refractivity contribution is 5.52. The Morgan fingerprint density at radius 3 is 3.15 bits per heavy atom. The SMILES string of the molecule is CCCCc1nn(C)c2c1CCN2. The van der Waals surface area contributed by atoms with Crippen LogP contribution in [-0.2, 0) is 19.9 Å². The lowest BCUT2D eigenvalue weighted by atomic mass is 10.1. The first kappa shape index (κ1) is 8.60. The first-order valence-electron chi connectivity index (χ1n) is 5.11. The Morgan fingerprint density at radius 2 is 2.38 bits per heavy atom. The van der Waals surface area contributed by atoms with Crippen LogP contribution in [0.15, 0.2) is 0 Å². The minimum atomic E-state index is 1.08. The molecule has 0 saturated carbocycles. The molecule has 0 unspecified atom stereocenters. The summed E-state index contributed by atoms with van der Waals surface area (Å²) in [4.78, 5) is 0. The van der Waals surface area contributed by atoms with E-state index in [4.69, 9.17) is 0 Å². The van der Waals surface area contributed by atoms with E-state index in [1.165, 1.54) is 29.9 Å². The molecule has 13 heavy (non-hydrogen) atoms. The number of unbranched alkanes of at least 4 members (excludes halogenated alkanes) is 1.